The lowest BCUT2D eigenvalue weighted by atomic mass is 9.91. The van der Waals surface area contributed by atoms with E-state index in [1.165, 1.54) is 11.1 Å². The highest BCUT2D eigenvalue weighted by molar-refractivity contribution is 5.51. The predicted molar refractivity (Wildman–Crippen MR) is 66.6 cm³/mol. The lowest BCUT2D eigenvalue weighted by molar-refractivity contribution is 0.784. The zero-order valence-corrected chi connectivity index (χ0v) is 10.5. The van der Waals surface area contributed by atoms with Gasteiger partial charge >= 0.3 is 0 Å². The molecule has 0 fully saturated rings. The average molecular weight is 206 g/mol. The van der Waals surface area contributed by atoms with Gasteiger partial charge in [-0.25, -0.2) is 4.98 Å². The Hall–Kier alpha value is -1.05. The number of hydrogen-bond donors (Lipinski definition) is 1. The van der Waals surface area contributed by atoms with Crippen molar-refractivity contribution in [2.45, 2.75) is 46.5 Å². The Morgan fingerprint density at radius 3 is 2.33 bits per heavy atom. The third-order valence-electron chi connectivity index (χ3n) is 2.57. The smallest absolute Gasteiger partial charge is 0.129 e. The van der Waals surface area contributed by atoms with E-state index >= 15 is 0 Å². The third kappa shape index (κ3) is 2.71. The van der Waals surface area contributed by atoms with Crippen LogP contribution in [0.4, 0.5) is 5.82 Å². The minimum atomic E-state index is 0.519. The first-order valence-corrected chi connectivity index (χ1v) is 5.80. The van der Waals surface area contributed by atoms with Gasteiger partial charge in [-0.1, -0.05) is 27.7 Å². The van der Waals surface area contributed by atoms with Crippen molar-refractivity contribution in [1.82, 2.24) is 4.98 Å². The quantitative estimate of drug-likeness (QED) is 0.811. The second-order valence-electron chi connectivity index (χ2n) is 4.50. The number of pyridine rings is 1. The Bertz CT molecular complexity index is 316. The fourth-order valence-electron chi connectivity index (χ4n) is 1.91. The zero-order chi connectivity index (χ0) is 11.4. The molecule has 0 aromatic carbocycles. The molecule has 0 bridgehead atoms. The monoisotopic (exact) mass is 206 g/mol. The first kappa shape index (κ1) is 12.0. The van der Waals surface area contributed by atoms with Crippen LogP contribution in [0, 0.1) is 0 Å². The molecule has 1 aromatic rings. The molecule has 1 N–H and O–H groups in total. The Balaban J connectivity index is 3.22. The molecule has 0 spiro atoms. The molecule has 0 saturated carbocycles. The number of anilines is 1. The van der Waals surface area contributed by atoms with Crippen LogP contribution in [0.25, 0.3) is 0 Å². The molecule has 1 heterocycles. The molecule has 0 radical (unpaired) electrons. The van der Waals surface area contributed by atoms with Crippen LogP contribution in [0.5, 0.6) is 0 Å². The lowest BCUT2D eigenvalue weighted by Crippen LogP contribution is -2.08. The molecule has 1 aromatic heterocycles. The van der Waals surface area contributed by atoms with E-state index in [9.17, 15) is 0 Å². The summed E-state index contributed by atoms with van der Waals surface area (Å²) in [5.74, 6) is 2.13. The molecule has 2 heteroatoms. The SMILES string of the molecule is CCNc1nccc(C(C)C)c1C(C)C. The minimum absolute atomic E-state index is 0.519. The Kier molecular flexibility index (Phi) is 4.13. The van der Waals surface area contributed by atoms with Gasteiger partial charge < -0.3 is 5.32 Å². The van der Waals surface area contributed by atoms with Crippen LogP contribution in [0.3, 0.4) is 0 Å². The van der Waals surface area contributed by atoms with Crippen LogP contribution in [0.2, 0.25) is 0 Å². The molecule has 0 aliphatic carbocycles. The molecule has 0 atom stereocenters. The van der Waals surface area contributed by atoms with Crippen LogP contribution >= 0.6 is 0 Å². The Morgan fingerprint density at radius 2 is 1.87 bits per heavy atom. The summed E-state index contributed by atoms with van der Waals surface area (Å²) in [6, 6.07) is 2.14. The summed E-state index contributed by atoms with van der Waals surface area (Å²) in [4.78, 5) is 4.42. The molecular formula is C13H22N2. The van der Waals surface area contributed by atoms with Crippen molar-refractivity contribution >= 4 is 5.82 Å². The Morgan fingerprint density at radius 1 is 1.20 bits per heavy atom. The summed E-state index contributed by atoms with van der Waals surface area (Å²) >= 11 is 0. The molecule has 0 unspecified atom stereocenters. The molecule has 2 nitrogen and oxygen atoms in total. The second-order valence-corrected chi connectivity index (χ2v) is 4.50. The maximum atomic E-state index is 4.42. The number of nitrogens with one attached hydrogen (secondary N) is 1. The molecule has 0 aliphatic rings. The molecule has 84 valence electrons. The van der Waals surface area contributed by atoms with E-state index in [1.807, 2.05) is 6.20 Å². The normalized spacial score (nSPS) is 11.1. The van der Waals surface area contributed by atoms with E-state index in [4.69, 9.17) is 0 Å². The second kappa shape index (κ2) is 5.15. The van der Waals surface area contributed by atoms with Gasteiger partial charge in [0.1, 0.15) is 5.82 Å². The topological polar surface area (TPSA) is 24.9 Å². The van der Waals surface area contributed by atoms with Crippen molar-refractivity contribution in [3.05, 3.63) is 23.4 Å². The average Bonchev–Trinajstić information content (AvgIpc) is 2.17. The Labute approximate surface area is 93.1 Å². The van der Waals surface area contributed by atoms with Crippen LogP contribution in [0.1, 0.15) is 57.6 Å². The van der Waals surface area contributed by atoms with Gasteiger partial charge in [-0.3, -0.25) is 0 Å². The van der Waals surface area contributed by atoms with Crippen molar-refractivity contribution in [2.75, 3.05) is 11.9 Å². The van der Waals surface area contributed by atoms with Crippen molar-refractivity contribution in [2.24, 2.45) is 0 Å². The van der Waals surface area contributed by atoms with Gasteiger partial charge in [-0.15, -0.1) is 0 Å². The predicted octanol–water partition coefficient (Wildman–Crippen LogP) is 3.76. The summed E-state index contributed by atoms with van der Waals surface area (Å²) in [6.45, 7) is 11.9. The summed E-state index contributed by atoms with van der Waals surface area (Å²) < 4.78 is 0. The van der Waals surface area contributed by atoms with E-state index in [-0.39, 0.29) is 0 Å². The highest BCUT2D eigenvalue weighted by Gasteiger charge is 2.14. The van der Waals surface area contributed by atoms with E-state index < -0.39 is 0 Å². The van der Waals surface area contributed by atoms with Gasteiger partial charge in [0.25, 0.3) is 0 Å². The van der Waals surface area contributed by atoms with Gasteiger partial charge in [-0.05, 0) is 30.4 Å². The van der Waals surface area contributed by atoms with Crippen molar-refractivity contribution < 1.29 is 0 Å². The van der Waals surface area contributed by atoms with Crippen molar-refractivity contribution in [3.8, 4) is 0 Å². The van der Waals surface area contributed by atoms with Gasteiger partial charge in [0, 0.05) is 18.3 Å². The molecule has 15 heavy (non-hydrogen) atoms. The summed E-state index contributed by atoms with van der Waals surface area (Å²) in [6.07, 6.45) is 1.90. The fourth-order valence-corrected chi connectivity index (χ4v) is 1.91. The summed E-state index contributed by atoms with van der Waals surface area (Å²) in [5, 5.41) is 3.34. The molecule has 0 amide bonds. The lowest BCUT2D eigenvalue weighted by Gasteiger charge is -2.19. The van der Waals surface area contributed by atoms with Gasteiger partial charge in [0.05, 0.1) is 0 Å². The number of nitrogens with zero attached hydrogens (tertiary/aromatic N) is 1. The van der Waals surface area contributed by atoms with E-state index in [0.29, 0.717) is 11.8 Å². The van der Waals surface area contributed by atoms with E-state index in [2.05, 4.69) is 51.0 Å². The first-order chi connectivity index (χ1) is 7.07. The van der Waals surface area contributed by atoms with Crippen LogP contribution in [-0.2, 0) is 0 Å². The minimum Gasteiger partial charge on any atom is -0.370 e. The maximum absolute atomic E-state index is 4.42. The number of hydrogen-bond acceptors (Lipinski definition) is 2. The maximum Gasteiger partial charge on any atom is 0.129 e. The standard InChI is InChI=1S/C13H22N2/c1-6-14-13-12(10(4)5)11(9(2)3)7-8-15-13/h7-10H,6H2,1-5H3,(H,14,15). The highest BCUT2D eigenvalue weighted by atomic mass is 15.0. The van der Waals surface area contributed by atoms with E-state index in [1.54, 1.807) is 0 Å². The van der Waals surface area contributed by atoms with Crippen molar-refractivity contribution in [1.29, 1.82) is 0 Å². The van der Waals surface area contributed by atoms with Crippen LogP contribution in [-0.4, -0.2) is 11.5 Å². The number of aromatic nitrogens is 1. The molecule has 0 aliphatic heterocycles. The summed E-state index contributed by atoms with van der Waals surface area (Å²) in [7, 11) is 0. The van der Waals surface area contributed by atoms with Crippen LogP contribution in [0.15, 0.2) is 12.3 Å². The van der Waals surface area contributed by atoms with Gasteiger partial charge in [-0.2, -0.15) is 0 Å². The van der Waals surface area contributed by atoms with Crippen molar-refractivity contribution in [3.63, 3.8) is 0 Å². The first-order valence-electron chi connectivity index (χ1n) is 5.80. The van der Waals surface area contributed by atoms with Crippen LogP contribution < -0.4 is 5.32 Å². The highest BCUT2D eigenvalue weighted by Crippen LogP contribution is 2.30. The number of rotatable bonds is 4. The summed E-state index contributed by atoms with van der Waals surface area (Å²) in [5.41, 5.74) is 2.78. The third-order valence-corrected chi connectivity index (χ3v) is 2.57. The molecular weight excluding hydrogens is 184 g/mol. The van der Waals surface area contributed by atoms with Gasteiger partial charge in [0.15, 0.2) is 0 Å². The van der Waals surface area contributed by atoms with E-state index in [0.717, 1.165) is 12.4 Å². The molecule has 0 saturated heterocycles. The largest absolute Gasteiger partial charge is 0.370 e. The zero-order valence-electron chi connectivity index (χ0n) is 10.5. The van der Waals surface area contributed by atoms with Gasteiger partial charge in [0.2, 0.25) is 0 Å². The fraction of sp³-hybridized carbons (Fsp3) is 0.615. The molecule has 1 rings (SSSR count).